The second-order valence-electron chi connectivity index (χ2n) is 8.50. The van der Waals surface area contributed by atoms with Gasteiger partial charge in [-0.1, -0.05) is 0 Å². The molecule has 0 aromatic carbocycles. The Bertz CT molecular complexity index is 1200. The number of fused-ring (bicyclic) bond motifs is 1. The van der Waals surface area contributed by atoms with Crippen molar-refractivity contribution in [2.24, 2.45) is 5.92 Å². The molecule has 9 nitrogen and oxygen atoms in total. The molecule has 3 aromatic rings. The molecule has 1 aliphatic rings. The smallest absolute Gasteiger partial charge is 0.350 e. The van der Waals surface area contributed by atoms with Gasteiger partial charge in [0.1, 0.15) is 16.0 Å². The molecule has 35 heavy (non-hydrogen) atoms. The molecule has 1 fully saturated rings. The molecule has 0 saturated carbocycles. The van der Waals surface area contributed by atoms with Crippen LogP contribution >= 0.6 is 11.3 Å². The van der Waals surface area contributed by atoms with Gasteiger partial charge in [-0.15, -0.1) is 11.3 Å². The molecule has 186 valence electrons. The van der Waals surface area contributed by atoms with Gasteiger partial charge in [0.05, 0.1) is 36.2 Å². The number of anilines is 1. The number of aromatic nitrogens is 1. The number of hydrogen-bond donors (Lipinski definition) is 1. The Balaban J connectivity index is 1.55. The second-order valence-corrected chi connectivity index (χ2v) is 9.50. The van der Waals surface area contributed by atoms with Gasteiger partial charge in [0.2, 0.25) is 5.91 Å². The number of furan rings is 1. The average molecular weight is 499 g/mol. The van der Waals surface area contributed by atoms with E-state index in [2.05, 4.69) is 10.2 Å². The first-order valence-corrected chi connectivity index (χ1v) is 12.6. The summed E-state index contributed by atoms with van der Waals surface area (Å²) in [4.78, 5) is 47.7. The summed E-state index contributed by atoms with van der Waals surface area (Å²) in [6.45, 7) is 7.70. The first-order valence-electron chi connectivity index (χ1n) is 11.8. The lowest BCUT2D eigenvalue weighted by molar-refractivity contribution is -0.137. The summed E-state index contributed by atoms with van der Waals surface area (Å²) in [5, 5.41) is 3.48. The van der Waals surface area contributed by atoms with Crippen LogP contribution in [0.5, 0.6) is 0 Å². The van der Waals surface area contributed by atoms with Gasteiger partial charge in [-0.2, -0.15) is 0 Å². The van der Waals surface area contributed by atoms with Gasteiger partial charge < -0.3 is 19.4 Å². The lowest BCUT2D eigenvalue weighted by Crippen LogP contribution is -2.44. The molecule has 0 spiro atoms. The van der Waals surface area contributed by atoms with Gasteiger partial charge in [0, 0.05) is 31.6 Å². The molecule has 0 radical (unpaired) electrons. The predicted molar refractivity (Wildman–Crippen MR) is 134 cm³/mol. The van der Waals surface area contributed by atoms with Gasteiger partial charge in [-0.05, 0) is 51.4 Å². The standard InChI is InChI=1S/C25H30N4O5S/c1-4-29(5-2)24(31)16-7-6-11-28(13-16)14-18-8-9-19-20(27-22(30)17-10-12-34-15-17)21(25(32)33-3)35-23(19)26-18/h8-10,12,15-16H,4-7,11,13-14H2,1-3H3,(H,27,30). The van der Waals surface area contributed by atoms with Crippen molar-refractivity contribution in [3.63, 3.8) is 0 Å². The van der Waals surface area contributed by atoms with E-state index in [-0.39, 0.29) is 22.6 Å². The number of ether oxygens (including phenoxy) is 1. The van der Waals surface area contributed by atoms with Crippen molar-refractivity contribution in [2.45, 2.75) is 33.2 Å². The number of amides is 2. The number of carbonyl (C=O) groups is 3. The largest absolute Gasteiger partial charge is 0.472 e. The van der Waals surface area contributed by atoms with Crippen molar-refractivity contribution in [1.82, 2.24) is 14.8 Å². The minimum absolute atomic E-state index is 0.00443. The van der Waals surface area contributed by atoms with Gasteiger partial charge in [-0.25, -0.2) is 9.78 Å². The van der Waals surface area contributed by atoms with Gasteiger partial charge in [0.25, 0.3) is 5.91 Å². The van der Waals surface area contributed by atoms with E-state index in [0.717, 1.165) is 38.2 Å². The van der Waals surface area contributed by atoms with Crippen LogP contribution in [0.4, 0.5) is 5.69 Å². The quantitative estimate of drug-likeness (QED) is 0.468. The van der Waals surface area contributed by atoms with E-state index in [0.29, 0.717) is 34.6 Å². The zero-order valence-corrected chi connectivity index (χ0v) is 21.0. The third kappa shape index (κ3) is 5.38. The topological polar surface area (TPSA) is 105 Å². The van der Waals surface area contributed by atoms with E-state index in [4.69, 9.17) is 14.1 Å². The highest BCUT2D eigenvalue weighted by molar-refractivity contribution is 7.21. The lowest BCUT2D eigenvalue weighted by atomic mass is 9.96. The Hall–Kier alpha value is -3.24. The van der Waals surface area contributed by atoms with Crippen LogP contribution in [0.15, 0.2) is 35.1 Å². The summed E-state index contributed by atoms with van der Waals surface area (Å²) in [7, 11) is 1.31. The number of piperidine rings is 1. The Morgan fingerprint density at radius 2 is 2.06 bits per heavy atom. The number of nitrogens with one attached hydrogen (secondary N) is 1. The monoisotopic (exact) mass is 498 g/mol. The average Bonchev–Trinajstić information content (AvgIpc) is 3.53. The number of thiophene rings is 1. The fraction of sp³-hybridized carbons (Fsp3) is 0.440. The molecule has 1 aliphatic heterocycles. The van der Waals surface area contributed by atoms with Crippen LogP contribution in [0.1, 0.15) is 52.4 Å². The molecule has 10 heteroatoms. The fourth-order valence-electron chi connectivity index (χ4n) is 4.47. The Morgan fingerprint density at radius 1 is 1.26 bits per heavy atom. The molecule has 4 rings (SSSR count). The Morgan fingerprint density at radius 3 is 2.74 bits per heavy atom. The maximum absolute atomic E-state index is 12.8. The SMILES string of the molecule is CCN(CC)C(=O)C1CCCN(Cc2ccc3c(NC(=O)c4ccoc4)c(C(=O)OC)sc3n2)C1. The van der Waals surface area contributed by atoms with Crippen molar-refractivity contribution in [3.05, 3.63) is 46.9 Å². The zero-order valence-electron chi connectivity index (χ0n) is 20.2. The van der Waals surface area contributed by atoms with E-state index in [1.54, 1.807) is 6.07 Å². The van der Waals surface area contributed by atoms with Crippen LogP contribution in [-0.4, -0.2) is 65.9 Å². The molecular formula is C25H30N4O5S. The third-order valence-corrected chi connectivity index (χ3v) is 7.40. The third-order valence-electron chi connectivity index (χ3n) is 6.32. The number of pyridine rings is 1. The number of nitrogens with zero attached hydrogens (tertiary/aromatic N) is 3. The van der Waals surface area contributed by atoms with Crippen LogP contribution in [0.2, 0.25) is 0 Å². The maximum atomic E-state index is 12.8. The fourth-order valence-corrected chi connectivity index (χ4v) is 5.53. The highest BCUT2D eigenvalue weighted by Crippen LogP contribution is 2.36. The minimum Gasteiger partial charge on any atom is -0.472 e. The molecule has 0 bridgehead atoms. The molecule has 4 heterocycles. The van der Waals surface area contributed by atoms with Crippen molar-refractivity contribution < 1.29 is 23.5 Å². The van der Waals surface area contributed by atoms with Crippen LogP contribution in [-0.2, 0) is 16.1 Å². The predicted octanol–water partition coefficient (Wildman–Crippen LogP) is 4.01. The summed E-state index contributed by atoms with van der Waals surface area (Å²) < 4.78 is 9.92. The van der Waals surface area contributed by atoms with E-state index in [1.165, 1.54) is 31.0 Å². The molecule has 1 unspecified atom stereocenters. The lowest BCUT2D eigenvalue weighted by Gasteiger charge is -2.34. The number of esters is 1. The number of carbonyl (C=O) groups excluding carboxylic acids is 3. The highest BCUT2D eigenvalue weighted by Gasteiger charge is 2.29. The van der Waals surface area contributed by atoms with Gasteiger partial charge in [0.15, 0.2) is 0 Å². The Kier molecular flexibility index (Phi) is 7.82. The molecular weight excluding hydrogens is 468 g/mol. The number of rotatable bonds is 8. The minimum atomic E-state index is -0.536. The normalized spacial score (nSPS) is 16.3. The van der Waals surface area contributed by atoms with Crippen LogP contribution in [0.3, 0.4) is 0 Å². The van der Waals surface area contributed by atoms with Crippen molar-refractivity contribution in [3.8, 4) is 0 Å². The molecule has 1 N–H and O–H groups in total. The van der Waals surface area contributed by atoms with E-state index < -0.39 is 5.97 Å². The molecule has 0 aliphatic carbocycles. The van der Waals surface area contributed by atoms with E-state index in [1.807, 2.05) is 30.9 Å². The highest BCUT2D eigenvalue weighted by atomic mass is 32.1. The van der Waals surface area contributed by atoms with Crippen molar-refractivity contribution in [1.29, 1.82) is 0 Å². The van der Waals surface area contributed by atoms with Gasteiger partial charge in [-0.3, -0.25) is 14.5 Å². The summed E-state index contributed by atoms with van der Waals surface area (Å²) in [6.07, 6.45) is 4.63. The van der Waals surface area contributed by atoms with E-state index >= 15 is 0 Å². The molecule has 3 aromatic heterocycles. The zero-order chi connectivity index (χ0) is 24.9. The number of hydrogen-bond acceptors (Lipinski definition) is 8. The molecule has 1 atom stereocenters. The van der Waals surface area contributed by atoms with Crippen LogP contribution < -0.4 is 5.32 Å². The maximum Gasteiger partial charge on any atom is 0.350 e. The van der Waals surface area contributed by atoms with Crippen LogP contribution in [0, 0.1) is 5.92 Å². The van der Waals surface area contributed by atoms with Crippen LogP contribution in [0.25, 0.3) is 10.2 Å². The first kappa shape index (κ1) is 24.9. The summed E-state index contributed by atoms with van der Waals surface area (Å²) in [6, 6.07) is 5.32. The number of likely N-dealkylation sites (tertiary alicyclic amines) is 1. The number of methoxy groups -OCH3 is 1. The Labute approximate surface area is 208 Å². The molecule has 1 saturated heterocycles. The summed E-state index contributed by atoms with van der Waals surface area (Å²) in [5.41, 5.74) is 1.58. The second kappa shape index (κ2) is 11.0. The van der Waals surface area contributed by atoms with Gasteiger partial charge >= 0.3 is 5.97 Å². The van der Waals surface area contributed by atoms with E-state index in [9.17, 15) is 14.4 Å². The molecule has 2 amide bonds. The summed E-state index contributed by atoms with van der Waals surface area (Å²) in [5.74, 6) is -0.692. The van der Waals surface area contributed by atoms with Crippen molar-refractivity contribution >= 4 is 45.0 Å². The van der Waals surface area contributed by atoms with Crippen molar-refractivity contribution in [2.75, 3.05) is 38.6 Å². The summed E-state index contributed by atoms with van der Waals surface area (Å²) >= 11 is 1.18. The first-order chi connectivity index (χ1) is 16.9.